The summed E-state index contributed by atoms with van der Waals surface area (Å²) in [5.41, 5.74) is 2.62. The number of benzene rings is 2. The third kappa shape index (κ3) is 3.86. The summed E-state index contributed by atoms with van der Waals surface area (Å²) in [4.78, 5) is 23.5. The molecule has 0 aliphatic carbocycles. The van der Waals surface area contributed by atoms with E-state index in [0.29, 0.717) is 5.56 Å². The lowest BCUT2D eigenvalue weighted by Gasteiger charge is -2.09. The summed E-state index contributed by atoms with van der Waals surface area (Å²) in [7, 11) is 1.28. The maximum absolute atomic E-state index is 12.1. The minimum atomic E-state index is -1.09. The molecule has 0 radical (unpaired) electrons. The average molecular weight is 310 g/mol. The molecular formula is C19H18O4. The Hall–Kier alpha value is -2.88. The molecule has 2 rings (SSSR count). The molecule has 0 spiro atoms. The summed E-state index contributed by atoms with van der Waals surface area (Å²) in [6.45, 7) is 2.06. The number of carbonyl (C=O) groups excluding carboxylic acids is 1. The highest BCUT2D eigenvalue weighted by atomic mass is 16.5. The molecule has 1 N–H and O–H groups in total. The van der Waals surface area contributed by atoms with Crippen LogP contribution in [0.1, 0.15) is 34.0 Å². The fraction of sp³-hybridized carbons (Fsp3) is 0.158. The number of carbonyl (C=O) groups is 2. The Kier molecular flexibility index (Phi) is 5.31. The van der Waals surface area contributed by atoms with Gasteiger partial charge in [-0.15, -0.1) is 0 Å². The van der Waals surface area contributed by atoms with Gasteiger partial charge >= 0.3 is 11.9 Å². The zero-order valence-corrected chi connectivity index (χ0v) is 13.1. The van der Waals surface area contributed by atoms with E-state index in [4.69, 9.17) is 4.74 Å². The second kappa shape index (κ2) is 7.40. The zero-order chi connectivity index (χ0) is 16.8. The van der Waals surface area contributed by atoms with Crippen molar-refractivity contribution in [3.63, 3.8) is 0 Å². The molecule has 0 saturated carbocycles. The minimum absolute atomic E-state index is 0.0642. The van der Waals surface area contributed by atoms with Crippen molar-refractivity contribution in [3.8, 4) is 0 Å². The minimum Gasteiger partial charge on any atom is -0.478 e. The molecule has 118 valence electrons. The van der Waals surface area contributed by atoms with Crippen molar-refractivity contribution in [2.45, 2.75) is 13.3 Å². The van der Waals surface area contributed by atoms with Crippen LogP contribution in [0.4, 0.5) is 0 Å². The number of esters is 1. The van der Waals surface area contributed by atoms with Gasteiger partial charge in [0.05, 0.1) is 18.2 Å². The van der Waals surface area contributed by atoms with Crippen molar-refractivity contribution in [1.29, 1.82) is 0 Å². The predicted octanol–water partition coefficient (Wildman–Crippen LogP) is 3.66. The molecule has 4 heteroatoms. The Morgan fingerprint density at radius 2 is 1.65 bits per heavy atom. The van der Waals surface area contributed by atoms with Gasteiger partial charge in [0, 0.05) is 5.56 Å². The Morgan fingerprint density at radius 3 is 2.17 bits per heavy atom. The van der Waals surface area contributed by atoms with Crippen LogP contribution in [0.3, 0.4) is 0 Å². The van der Waals surface area contributed by atoms with Gasteiger partial charge in [-0.2, -0.15) is 0 Å². The van der Waals surface area contributed by atoms with E-state index >= 15 is 0 Å². The summed E-state index contributed by atoms with van der Waals surface area (Å²) in [5.74, 6) is -1.66. The second-order valence-electron chi connectivity index (χ2n) is 5.00. The standard InChI is InChI=1S/C19H18O4/c1-3-13-8-10-14(11-9-13)12-17(19(22)23-2)15-6-4-5-7-16(15)18(20)21/h4-12H,3H2,1-2H3,(H,20,21). The Balaban J connectivity index is 2.55. The van der Waals surface area contributed by atoms with E-state index in [1.54, 1.807) is 24.3 Å². The van der Waals surface area contributed by atoms with Gasteiger partial charge in [0.15, 0.2) is 0 Å². The normalized spacial score (nSPS) is 11.1. The average Bonchev–Trinajstić information content (AvgIpc) is 2.59. The predicted molar refractivity (Wildman–Crippen MR) is 89.1 cm³/mol. The molecule has 4 nitrogen and oxygen atoms in total. The van der Waals surface area contributed by atoms with Crippen LogP contribution in [-0.2, 0) is 16.0 Å². The molecule has 0 heterocycles. The largest absolute Gasteiger partial charge is 0.478 e. The fourth-order valence-corrected chi connectivity index (χ4v) is 2.28. The third-order valence-electron chi connectivity index (χ3n) is 3.55. The smallest absolute Gasteiger partial charge is 0.338 e. The molecule has 0 aromatic heterocycles. The summed E-state index contributed by atoms with van der Waals surface area (Å²) in [5, 5.41) is 9.32. The van der Waals surface area contributed by atoms with Gasteiger partial charge in [-0.1, -0.05) is 49.4 Å². The number of aromatic carboxylic acids is 1. The second-order valence-corrected chi connectivity index (χ2v) is 5.00. The first-order valence-corrected chi connectivity index (χ1v) is 7.28. The zero-order valence-electron chi connectivity index (χ0n) is 13.1. The lowest BCUT2D eigenvalue weighted by molar-refractivity contribution is -0.133. The number of hydrogen-bond donors (Lipinski definition) is 1. The number of rotatable bonds is 5. The monoisotopic (exact) mass is 310 g/mol. The van der Waals surface area contributed by atoms with Crippen LogP contribution in [0.15, 0.2) is 48.5 Å². The highest BCUT2D eigenvalue weighted by Crippen LogP contribution is 2.24. The van der Waals surface area contributed by atoms with Crippen LogP contribution >= 0.6 is 0 Å². The van der Waals surface area contributed by atoms with E-state index < -0.39 is 11.9 Å². The molecular weight excluding hydrogens is 292 g/mol. The number of hydrogen-bond acceptors (Lipinski definition) is 3. The number of carboxylic acids is 1. The molecule has 0 atom stereocenters. The van der Waals surface area contributed by atoms with Crippen molar-refractivity contribution in [3.05, 3.63) is 70.8 Å². The molecule has 2 aromatic rings. The van der Waals surface area contributed by atoms with Crippen LogP contribution in [0.5, 0.6) is 0 Å². The van der Waals surface area contributed by atoms with Crippen LogP contribution in [0.25, 0.3) is 11.6 Å². The molecule has 2 aromatic carbocycles. The van der Waals surface area contributed by atoms with Gasteiger partial charge in [-0.25, -0.2) is 9.59 Å². The van der Waals surface area contributed by atoms with Crippen LogP contribution in [-0.4, -0.2) is 24.2 Å². The molecule has 0 bridgehead atoms. The Morgan fingerprint density at radius 1 is 1.04 bits per heavy atom. The van der Waals surface area contributed by atoms with Crippen LogP contribution < -0.4 is 0 Å². The number of ether oxygens (including phenoxy) is 1. The van der Waals surface area contributed by atoms with Crippen molar-refractivity contribution < 1.29 is 19.4 Å². The first-order chi connectivity index (χ1) is 11.1. The fourth-order valence-electron chi connectivity index (χ4n) is 2.28. The summed E-state index contributed by atoms with van der Waals surface area (Å²) in [6, 6.07) is 14.1. The van der Waals surface area contributed by atoms with E-state index in [0.717, 1.165) is 12.0 Å². The third-order valence-corrected chi connectivity index (χ3v) is 3.55. The van der Waals surface area contributed by atoms with Gasteiger partial charge in [-0.3, -0.25) is 0 Å². The molecule has 0 aliphatic rings. The maximum Gasteiger partial charge on any atom is 0.338 e. The first kappa shape index (κ1) is 16.5. The van der Waals surface area contributed by atoms with Crippen LogP contribution in [0, 0.1) is 0 Å². The molecule has 23 heavy (non-hydrogen) atoms. The van der Waals surface area contributed by atoms with Crippen molar-refractivity contribution in [1.82, 2.24) is 0 Å². The molecule has 0 aliphatic heterocycles. The van der Waals surface area contributed by atoms with E-state index in [9.17, 15) is 14.7 Å². The van der Waals surface area contributed by atoms with Gasteiger partial charge in [-0.05, 0) is 29.7 Å². The van der Waals surface area contributed by atoms with Crippen LogP contribution in [0.2, 0.25) is 0 Å². The number of carboxylic acid groups (broad SMARTS) is 1. The van der Waals surface area contributed by atoms with E-state index in [2.05, 4.69) is 6.92 Å². The quantitative estimate of drug-likeness (QED) is 0.520. The first-order valence-electron chi connectivity index (χ1n) is 7.28. The molecule has 0 fully saturated rings. The summed E-state index contributed by atoms with van der Waals surface area (Å²) < 4.78 is 4.82. The maximum atomic E-state index is 12.1. The molecule has 0 amide bonds. The number of methoxy groups -OCH3 is 1. The molecule has 0 saturated heterocycles. The van der Waals surface area contributed by atoms with Gasteiger partial charge in [0.2, 0.25) is 0 Å². The number of aryl methyl sites for hydroxylation is 1. The van der Waals surface area contributed by atoms with Gasteiger partial charge in [0.1, 0.15) is 0 Å². The van der Waals surface area contributed by atoms with Gasteiger partial charge in [0.25, 0.3) is 0 Å². The lowest BCUT2D eigenvalue weighted by Crippen LogP contribution is -2.09. The van der Waals surface area contributed by atoms with E-state index in [-0.39, 0.29) is 11.1 Å². The summed E-state index contributed by atoms with van der Waals surface area (Å²) >= 11 is 0. The topological polar surface area (TPSA) is 63.6 Å². The van der Waals surface area contributed by atoms with Crippen molar-refractivity contribution in [2.24, 2.45) is 0 Å². The van der Waals surface area contributed by atoms with Crippen molar-refractivity contribution >= 4 is 23.6 Å². The molecule has 0 unspecified atom stereocenters. The SMILES string of the molecule is CCc1ccc(C=C(C(=O)OC)c2ccccc2C(=O)O)cc1. The van der Waals surface area contributed by atoms with E-state index in [1.807, 2.05) is 24.3 Å². The van der Waals surface area contributed by atoms with Gasteiger partial charge < -0.3 is 9.84 Å². The highest BCUT2D eigenvalue weighted by molar-refractivity contribution is 6.23. The summed E-state index contributed by atoms with van der Waals surface area (Å²) in [6.07, 6.45) is 2.57. The van der Waals surface area contributed by atoms with E-state index in [1.165, 1.54) is 18.7 Å². The Bertz CT molecular complexity index is 742. The highest BCUT2D eigenvalue weighted by Gasteiger charge is 2.19. The lowest BCUT2D eigenvalue weighted by atomic mass is 9.97. The Labute approximate surface area is 135 Å². The van der Waals surface area contributed by atoms with Crippen molar-refractivity contribution in [2.75, 3.05) is 7.11 Å².